The minimum Gasteiger partial charge on any atom is -0.494 e. The SMILES string of the molecule is CCOc1ccc(OCC)c(Nc2c3c(nc4nc(-c5ccccc5)nn24)CCCC3)c1. The zero-order valence-corrected chi connectivity index (χ0v) is 18.5. The first-order chi connectivity index (χ1) is 15.8. The topological polar surface area (TPSA) is 73.6 Å². The summed E-state index contributed by atoms with van der Waals surface area (Å²) in [4.78, 5) is 9.61. The van der Waals surface area contributed by atoms with Crippen molar-refractivity contribution in [1.82, 2.24) is 19.6 Å². The summed E-state index contributed by atoms with van der Waals surface area (Å²) in [6, 6.07) is 15.9. The van der Waals surface area contributed by atoms with Crippen LogP contribution >= 0.6 is 0 Å². The van der Waals surface area contributed by atoms with Gasteiger partial charge in [-0.25, -0.2) is 4.98 Å². The third kappa shape index (κ3) is 3.86. The zero-order chi connectivity index (χ0) is 21.9. The van der Waals surface area contributed by atoms with Gasteiger partial charge in [0.1, 0.15) is 17.3 Å². The van der Waals surface area contributed by atoms with Crippen LogP contribution in [0.1, 0.15) is 37.9 Å². The number of nitrogens with one attached hydrogen (secondary N) is 1. The summed E-state index contributed by atoms with van der Waals surface area (Å²) < 4.78 is 13.5. The maximum Gasteiger partial charge on any atom is 0.254 e. The monoisotopic (exact) mass is 429 g/mol. The molecule has 1 N–H and O–H groups in total. The molecule has 32 heavy (non-hydrogen) atoms. The number of anilines is 2. The molecule has 0 unspecified atom stereocenters. The van der Waals surface area contributed by atoms with Crippen LogP contribution < -0.4 is 14.8 Å². The zero-order valence-electron chi connectivity index (χ0n) is 18.5. The van der Waals surface area contributed by atoms with E-state index in [1.54, 1.807) is 0 Å². The largest absolute Gasteiger partial charge is 0.494 e. The molecule has 4 aromatic rings. The Morgan fingerprint density at radius 3 is 2.56 bits per heavy atom. The third-order valence-corrected chi connectivity index (χ3v) is 5.61. The van der Waals surface area contributed by atoms with Gasteiger partial charge in [0.15, 0.2) is 5.82 Å². The van der Waals surface area contributed by atoms with Gasteiger partial charge in [-0.3, -0.25) is 0 Å². The molecule has 2 aromatic carbocycles. The molecule has 2 aromatic heterocycles. The van der Waals surface area contributed by atoms with Crippen molar-refractivity contribution >= 4 is 17.3 Å². The lowest BCUT2D eigenvalue weighted by Crippen LogP contribution is -2.14. The number of fused-ring (bicyclic) bond motifs is 2. The number of aromatic nitrogens is 4. The number of ether oxygens (including phenoxy) is 2. The number of nitrogens with zero attached hydrogens (tertiary/aromatic N) is 4. The lowest BCUT2D eigenvalue weighted by Gasteiger charge is -2.21. The maximum absolute atomic E-state index is 5.89. The molecular formula is C25H27N5O2. The van der Waals surface area contributed by atoms with Crippen molar-refractivity contribution in [2.24, 2.45) is 0 Å². The van der Waals surface area contributed by atoms with Gasteiger partial charge in [-0.1, -0.05) is 30.3 Å². The fourth-order valence-corrected chi connectivity index (χ4v) is 4.15. The molecule has 0 radical (unpaired) electrons. The lowest BCUT2D eigenvalue weighted by atomic mass is 9.96. The fourth-order valence-electron chi connectivity index (χ4n) is 4.15. The molecule has 0 bridgehead atoms. The predicted octanol–water partition coefficient (Wildman–Crippen LogP) is 5.21. The average Bonchev–Trinajstić information content (AvgIpc) is 3.25. The van der Waals surface area contributed by atoms with E-state index in [1.807, 2.05) is 66.9 Å². The van der Waals surface area contributed by atoms with E-state index < -0.39 is 0 Å². The molecular weight excluding hydrogens is 402 g/mol. The number of hydrogen-bond acceptors (Lipinski definition) is 6. The van der Waals surface area contributed by atoms with E-state index in [2.05, 4.69) is 5.32 Å². The first-order valence-electron chi connectivity index (χ1n) is 11.3. The van der Waals surface area contributed by atoms with E-state index in [-0.39, 0.29) is 0 Å². The molecule has 0 fully saturated rings. The molecule has 0 spiro atoms. The van der Waals surface area contributed by atoms with Gasteiger partial charge in [0.05, 0.1) is 24.6 Å². The minimum atomic E-state index is 0.577. The summed E-state index contributed by atoms with van der Waals surface area (Å²) in [5.74, 6) is 3.73. The van der Waals surface area contributed by atoms with Gasteiger partial charge in [0.2, 0.25) is 0 Å². The highest BCUT2D eigenvalue weighted by molar-refractivity contribution is 5.70. The molecule has 0 saturated heterocycles. The van der Waals surface area contributed by atoms with E-state index in [1.165, 1.54) is 5.56 Å². The van der Waals surface area contributed by atoms with Crippen LogP contribution in [-0.4, -0.2) is 32.8 Å². The van der Waals surface area contributed by atoms with Crippen molar-refractivity contribution in [2.45, 2.75) is 39.5 Å². The van der Waals surface area contributed by atoms with E-state index in [0.717, 1.165) is 59.9 Å². The van der Waals surface area contributed by atoms with Gasteiger partial charge >= 0.3 is 0 Å². The summed E-state index contributed by atoms with van der Waals surface area (Å²) in [6.45, 7) is 5.14. The van der Waals surface area contributed by atoms with Crippen molar-refractivity contribution in [2.75, 3.05) is 18.5 Å². The van der Waals surface area contributed by atoms with E-state index in [0.29, 0.717) is 24.8 Å². The van der Waals surface area contributed by atoms with Crippen LogP contribution in [0.2, 0.25) is 0 Å². The van der Waals surface area contributed by atoms with E-state index >= 15 is 0 Å². The number of hydrogen-bond donors (Lipinski definition) is 1. The Balaban J connectivity index is 1.66. The van der Waals surface area contributed by atoms with Gasteiger partial charge in [0.25, 0.3) is 5.78 Å². The molecule has 0 amide bonds. The fraction of sp³-hybridized carbons (Fsp3) is 0.320. The second kappa shape index (κ2) is 8.86. The molecule has 0 saturated carbocycles. The quantitative estimate of drug-likeness (QED) is 0.435. The smallest absolute Gasteiger partial charge is 0.254 e. The summed E-state index contributed by atoms with van der Waals surface area (Å²) >= 11 is 0. The van der Waals surface area contributed by atoms with Crippen molar-refractivity contribution in [3.63, 3.8) is 0 Å². The highest BCUT2D eigenvalue weighted by Crippen LogP contribution is 2.35. The molecule has 1 aliphatic rings. The Morgan fingerprint density at radius 2 is 1.75 bits per heavy atom. The van der Waals surface area contributed by atoms with Crippen molar-refractivity contribution < 1.29 is 9.47 Å². The summed E-state index contributed by atoms with van der Waals surface area (Å²) in [5, 5.41) is 8.44. The molecule has 0 aliphatic heterocycles. The second-order valence-electron chi connectivity index (χ2n) is 7.75. The Kier molecular flexibility index (Phi) is 5.62. The molecule has 7 heteroatoms. The molecule has 164 valence electrons. The van der Waals surface area contributed by atoms with Crippen LogP contribution in [0.3, 0.4) is 0 Å². The predicted molar refractivity (Wildman–Crippen MR) is 125 cm³/mol. The number of rotatable bonds is 7. The van der Waals surface area contributed by atoms with Crippen molar-refractivity contribution in [3.8, 4) is 22.9 Å². The first kappa shape index (κ1) is 20.3. The minimum absolute atomic E-state index is 0.577. The van der Waals surface area contributed by atoms with Gasteiger partial charge in [-0.15, -0.1) is 5.10 Å². The third-order valence-electron chi connectivity index (χ3n) is 5.61. The highest BCUT2D eigenvalue weighted by Gasteiger charge is 2.22. The Hall–Kier alpha value is -3.61. The molecule has 1 aliphatic carbocycles. The van der Waals surface area contributed by atoms with Crippen LogP contribution in [0, 0.1) is 0 Å². The Labute approximate surface area is 187 Å². The number of aryl methyl sites for hydroxylation is 1. The van der Waals surface area contributed by atoms with E-state index in [9.17, 15) is 0 Å². The van der Waals surface area contributed by atoms with Gasteiger partial charge < -0.3 is 14.8 Å². The second-order valence-corrected chi connectivity index (χ2v) is 7.75. The maximum atomic E-state index is 5.89. The van der Waals surface area contributed by atoms with Crippen LogP contribution in [-0.2, 0) is 12.8 Å². The highest BCUT2D eigenvalue weighted by atomic mass is 16.5. The average molecular weight is 430 g/mol. The van der Waals surface area contributed by atoms with Crippen LogP contribution in [0.25, 0.3) is 17.2 Å². The summed E-state index contributed by atoms with van der Waals surface area (Å²) in [7, 11) is 0. The lowest BCUT2D eigenvalue weighted by molar-refractivity contribution is 0.332. The molecule has 0 atom stereocenters. The van der Waals surface area contributed by atoms with Gasteiger partial charge in [0, 0.05) is 17.2 Å². The van der Waals surface area contributed by atoms with Crippen LogP contribution in [0.4, 0.5) is 11.5 Å². The molecule has 7 nitrogen and oxygen atoms in total. The summed E-state index contributed by atoms with van der Waals surface area (Å²) in [5.41, 5.74) is 4.10. The van der Waals surface area contributed by atoms with Crippen molar-refractivity contribution in [3.05, 3.63) is 59.8 Å². The Morgan fingerprint density at radius 1 is 0.938 bits per heavy atom. The normalized spacial score (nSPS) is 13.1. The molecule has 2 heterocycles. The van der Waals surface area contributed by atoms with Crippen molar-refractivity contribution in [1.29, 1.82) is 0 Å². The van der Waals surface area contributed by atoms with Gasteiger partial charge in [-0.2, -0.15) is 9.50 Å². The standard InChI is InChI=1S/C25H27N5O2/c1-3-31-18-14-15-22(32-4-2)21(16-18)26-24-19-12-8-9-13-20(19)27-25-28-23(29-30(24)25)17-10-6-5-7-11-17/h5-7,10-11,14-16,26H,3-4,8-9,12-13H2,1-2H3. The van der Waals surface area contributed by atoms with E-state index in [4.69, 9.17) is 24.5 Å². The Bertz CT molecular complexity index is 1240. The van der Waals surface area contributed by atoms with Crippen LogP contribution in [0.5, 0.6) is 11.5 Å². The number of benzene rings is 2. The van der Waals surface area contributed by atoms with Crippen LogP contribution in [0.15, 0.2) is 48.5 Å². The first-order valence-corrected chi connectivity index (χ1v) is 11.3. The summed E-state index contributed by atoms with van der Waals surface area (Å²) in [6.07, 6.45) is 4.17. The van der Waals surface area contributed by atoms with Gasteiger partial charge in [-0.05, 0) is 51.7 Å². The molecule has 5 rings (SSSR count).